The van der Waals surface area contributed by atoms with Crippen LogP contribution in [-0.4, -0.2) is 34.2 Å². The molecule has 0 aliphatic carbocycles. The molecule has 3 aliphatic rings. The van der Waals surface area contributed by atoms with Crippen LogP contribution in [0.5, 0.6) is 0 Å². The summed E-state index contributed by atoms with van der Waals surface area (Å²) in [6, 6.07) is 10.4. The van der Waals surface area contributed by atoms with Gasteiger partial charge in [0.1, 0.15) is 0 Å². The maximum atomic E-state index is 11.3. The Kier molecular flexibility index (Phi) is 3.16. The van der Waals surface area contributed by atoms with E-state index in [2.05, 4.69) is 43.0 Å². The zero-order valence-electron chi connectivity index (χ0n) is 13.3. The van der Waals surface area contributed by atoms with Crippen LogP contribution < -0.4 is 0 Å². The van der Waals surface area contributed by atoms with E-state index < -0.39 is 5.60 Å². The zero-order valence-corrected chi connectivity index (χ0v) is 13.3. The lowest BCUT2D eigenvalue weighted by Crippen LogP contribution is -2.43. The van der Waals surface area contributed by atoms with Gasteiger partial charge in [0.25, 0.3) is 0 Å². The standard InChI is InChI=1S/C19H27NO/c1-3-10-19(21)12-20-15-8-9-17(20)18(19)16(11-15)14-6-4-13(2)5-7-14/h4-7,15-18,21H,3,8-12H2,1-2H3/t15-,16?,17?,18?,19-/m1/s1. The highest BCUT2D eigenvalue weighted by Gasteiger charge is 2.61. The smallest absolute Gasteiger partial charge is 0.0822 e. The van der Waals surface area contributed by atoms with Gasteiger partial charge in [-0.1, -0.05) is 43.2 Å². The Morgan fingerprint density at radius 3 is 2.71 bits per heavy atom. The van der Waals surface area contributed by atoms with Crippen molar-refractivity contribution >= 4 is 0 Å². The van der Waals surface area contributed by atoms with Crippen molar-refractivity contribution in [2.75, 3.05) is 6.54 Å². The summed E-state index contributed by atoms with van der Waals surface area (Å²) in [5.41, 5.74) is 2.33. The Balaban J connectivity index is 1.72. The van der Waals surface area contributed by atoms with Crippen molar-refractivity contribution in [1.29, 1.82) is 0 Å². The number of benzene rings is 1. The van der Waals surface area contributed by atoms with E-state index in [9.17, 15) is 5.11 Å². The van der Waals surface area contributed by atoms with E-state index in [1.807, 2.05) is 0 Å². The number of rotatable bonds is 3. The van der Waals surface area contributed by atoms with Gasteiger partial charge in [-0.2, -0.15) is 0 Å². The van der Waals surface area contributed by atoms with Gasteiger partial charge < -0.3 is 5.11 Å². The molecule has 0 spiro atoms. The highest BCUT2D eigenvalue weighted by Crippen LogP contribution is 2.56. The van der Waals surface area contributed by atoms with E-state index in [1.54, 1.807) is 0 Å². The van der Waals surface area contributed by atoms with Crippen molar-refractivity contribution in [3.05, 3.63) is 35.4 Å². The number of aryl methyl sites for hydroxylation is 1. The van der Waals surface area contributed by atoms with Crippen molar-refractivity contribution in [3.63, 3.8) is 0 Å². The lowest BCUT2D eigenvalue weighted by molar-refractivity contribution is -0.00776. The van der Waals surface area contributed by atoms with Gasteiger partial charge >= 0.3 is 0 Å². The molecule has 3 saturated heterocycles. The van der Waals surface area contributed by atoms with Gasteiger partial charge in [-0.3, -0.25) is 4.90 Å². The molecule has 2 nitrogen and oxygen atoms in total. The van der Waals surface area contributed by atoms with Crippen LogP contribution in [0.2, 0.25) is 0 Å². The van der Waals surface area contributed by atoms with Gasteiger partial charge in [-0.25, -0.2) is 0 Å². The second-order valence-electron chi connectivity index (χ2n) is 7.60. The third kappa shape index (κ3) is 1.99. The van der Waals surface area contributed by atoms with Gasteiger partial charge in [-0.05, 0) is 44.1 Å². The summed E-state index contributed by atoms with van der Waals surface area (Å²) in [5, 5.41) is 11.3. The second kappa shape index (κ2) is 4.82. The summed E-state index contributed by atoms with van der Waals surface area (Å²) in [4.78, 5) is 2.64. The molecule has 0 saturated carbocycles. The molecular weight excluding hydrogens is 258 g/mol. The van der Waals surface area contributed by atoms with E-state index in [0.717, 1.165) is 19.4 Å². The van der Waals surface area contributed by atoms with Crippen molar-refractivity contribution in [2.45, 2.75) is 69.6 Å². The Bertz CT molecular complexity index is 525. The third-order valence-electron chi connectivity index (χ3n) is 6.33. The molecule has 6 atom stereocenters. The van der Waals surface area contributed by atoms with Crippen LogP contribution in [0.4, 0.5) is 0 Å². The molecule has 4 unspecified atom stereocenters. The molecule has 114 valence electrons. The van der Waals surface area contributed by atoms with E-state index in [0.29, 0.717) is 23.9 Å². The van der Waals surface area contributed by atoms with Crippen LogP contribution in [0.3, 0.4) is 0 Å². The first kappa shape index (κ1) is 13.8. The lowest BCUT2D eigenvalue weighted by Gasteiger charge is -2.40. The largest absolute Gasteiger partial charge is 0.388 e. The van der Waals surface area contributed by atoms with Crippen LogP contribution in [-0.2, 0) is 0 Å². The number of aliphatic hydroxyl groups is 1. The van der Waals surface area contributed by atoms with Crippen molar-refractivity contribution < 1.29 is 5.11 Å². The highest BCUT2D eigenvalue weighted by atomic mass is 16.3. The molecular formula is C19H27NO. The van der Waals surface area contributed by atoms with Crippen molar-refractivity contribution in [2.24, 2.45) is 5.92 Å². The summed E-state index contributed by atoms with van der Waals surface area (Å²) in [7, 11) is 0. The molecule has 4 bridgehead atoms. The summed E-state index contributed by atoms with van der Waals surface area (Å²) >= 11 is 0. The minimum absolute atomic E-state index is 0.443. The molecule has 2 heteroatoms. The van der Waals surface area contributed by atoms with Crippen LogP contribution in [0.15, 0.2) is 24.3 Å². The SMILES string of the molecule is CCC[C@@]1(O)CN2C3CC[C@@H]2CC(c2ccc(C)cc2)C31. The highest BCUT2D eigenvalue weighted by molar-refractivity contribution is 5.30. The minimum Gasteiger partial charge on any atom is -0.388 e. The average molecular weight is 285 g/mol. The molecule has 4 rings (SSSR count). The van der Waals surface area contributed by atoms with Crippen LogP contribution in [0.1, 0.15) is 56.1 Å². The number of hydrogen-bond donors (Lipinski definition) is 1. The monoisotopic (exact) mass is 285 g/mol. The predicted molar refractivity (Wildman–Crippen MR) is 85.4 cm³/mol. The summed E-state index contributed by atoms with van der Waals surface area (Å²) in [6.07, 6.45) is 5.92. The molecule has 3 fully saturated rings. The quantitative estimate of drug-likeness (QED) is 0.919. The van der Waals surface area contributed by atoms with E-state index >= 15 is 0 Å². The topological polar surface area (TPSA) is 23.5 Å². The van der Waals surface area contributed by atoms with Gasteiger partial charge in [-0.15, -0.1) is 0 Å². The molecule has 1 N–H and O–H groups in total. The average Bonchev–Trinajstić information content (AvgIpc) is 2.82. The van der Waals surface area contributed by atoms with Crippen LogP contribution in [0, 0.1) is 12.8 Å². The van der Waals surface area contributed by atoms with Gasteiger partial charge in [0.05, 0.1) is 5.60 Å². The molecule has 0 radical (unpaired) electrons. The lowest BCUT2D eigenvalue weighted by atomic mass is 9.70. The third-order valence-corrected chi connectivity index (χ3v) is 6.33. The van der Waals surface area contributed by atoms with E-state index in [4.69, 9.17) is 0 Å². The normalized spacial score (nSPS) is 44.2. The molecule has 0 aromatic heterocycles. The molecule has 3 heterocycles. The fourth-order valence-electron chi connectivity index (χ4n) is 5.55. The van der Waals surface area contributed by atoms with Crippen molar-refractivity contribution in [1.82, 2.24) is 4.90 Å². The molecule has 0 amide bonds. The minimum atomic E-state index is -0.454. The Morgan fingerprint density at radius 2 is 2.00 bits per heavy atom. The fraction of sp³-hybridized carbons (Fsp3) is 0.684. The maximum Gasteiger partial charge on any atom is 0.0822 e. The summed E-state index contributed by atoms with van der Waals surface area (Å²) in [5.74, 6) is 0.998. The Morgan fingerprint density at radius 1 is 1.24 bits per heavy atom. The van der Waals surface area contributed by atoms with Crippen LogP contribution >= 0.6 is 0 Å². The first-order valence-corrected chi connectivity index (χ1v) is 8.67. The second-order valence-corrected chi connectivity index (χ2v) is 7.60. The van der Waals surface area contributed by atoms with Gasteiger partial charge in [0.15, 0.2) is 0 Å². The molecule has 21 heavy (non-hydrogen) atoms. The Labute approximate surface area is 128 Å². The molecule has 3 aliphatic heterocycles. The first-order valence-electron chi connectivity index (χ1n) is 8.67. The number of nitrogens with zero attached hydrogens (tertiary/aromatic N) is 1. The summed E-state index contributed by atoms with van der Waals surface area (Å²) in [6.45, 7) is 5.27. The summed E-state index contributed by atoms with van der Waals surface area (Å²) < 4.78 is 0. The molecule has 1 aromatic carbocycles. The fourth-order valence-corrected chi connectivity index (χ4v) is 5.55. The van der Waals surface area contributed by atoms with Gasteiger partial charge in [0, 0.05) is 24.5 Å². The van der Waals surface area contributed by atoms with E-state index in [1.165, 1.54) is 30.4 Å². The van der Waals surface area contributed by atoms with Gasteiger partial charge in [0.2, 0.25) is 0 Å². The molecule has 1 aromatic rings. The first-order chi connectivity index (χ1) is 10.1. The van der Waals surface area contributed by atoms with Crippen LogP contribution in [0.25, 0.3) is 0 Å². The maximum absolute atomic E-state index is 11.3. The van der Waals surface area contributed by atoms with Crippen molar-refractivity contribution in [3.8, 4) is 0 Å². The number of piperidine rings is 1. The number of hydrogen-bond acceptors (Lipinski definition) is 2. The predicted octanol–water partition coefficient (Wildman–Crippen LogP) is 3.48. The van der Waals surface area contributed by atoms with E-state index in [-0.39, 0.29) is 0 Å². The Hall–Kier alpha value is -0.860. The zero-order chi connectivity index (χ0) is 14.6.